The smallest absolute Gasteiger partial charge is 0.253 e. The second kappa shape index (κ2) is 8.31. The van der Waals surface area contributed by atoms with Crippen LogP contribution in [0.25, 0.3) is 10.9 Å². The molecule has 6 rings (SSSR count). The number of likely N-dealkylation sites (tertiary alicyclic amines) is 1. The predicted octanol–water partition coefficient (Wildman–Crippen LogP) is 6.14. The third-order valence-corrected chi connectivity index (χ3v) is 8.40. The SMILES string of the molecule is COc1cccc(C23CCN(C(=O)c4ccccc4)CC2Cc2c([nH]c4ccc(Br)cc24)C3)c1. The molecule has 0 bridgehead atoms. The first kappa shape index (κ1) is 21.5. The lowest BCUT2D eigenvalue weighted by molar-refractivity contribution is 0.0501. The van der Waals surface area contributed by atoms with Crippen molar-refractivity contribution in [2.75, 3.05) is 20.2 Å². The van der Waals surface area contributed by atoms with E-state index in [4.69, 9.17) is 4.74 Å². The Balaban J connectivity index is 1.44. The van der Waals surface area contributed by atoms with Crippen molar-refractivity contribution in [3.05, 3.63) is 99.7 Å². The molecule has 2 heterocycles. The summed E-state index contributed by atoms with van der Waals surface area (Å²) in [5.74, 6) is 1.35. The molecule has 4 nitrogen and oxygen atoms in total. The Morgan fingerprint density at radius 2 is 1.94 bits per heavy atom. The number of nitrogens with one attached hydrogen (secondary N) is 1. The lowest BCUT2D eigenvalue weighted by Gasteiger charge is -2.51. The van der Waals surface area contributed by atoms with E-state index in [0.29, 0.717) is 5.92 Å². The van der Waals surface area contributed by atoms with Crippen LogP contribution < -0.4 is 4.74 Å². The molecule has 1 fully saturated rings. The van der Waals surface area contributed by atoms with Crippen LogP contribution >= 0.6 is 15.9 Å². The van der Waals surface area contributed by atoms with Crippen molar-refractivity contribution in [2.45, 2.75) is 24.7 Å². The number of carbonyl (C=O) groups excluding carboxylic acids is 1. The highest BCUT2D eigenvalue weighted by Gasteiger charge is 2.49. The van der Waals surface area contributed by atoms with Gasteiger partial charge in [-0.3, -0.25) is 4.79 Å². The molecule has 1 amide bonds. The molecule has 5 heteroatoms. The Hall–Kier alpha value is -3.05. The zero-order chi connectivity index (χ0) is 23.3. The van der Waals surface area contributed by atoms with Gasteiger partial charge < -0.3 is 14.6 Å². The van der Waals surface area contributed by atoms with Crippen molar-refractivity contribution in [1.29, 1.82) is 0 Å². The number of nitrogens with zero attached hydrogens (tertiary/aromatic N) is 1. The number of aromatic amines is 1. The molecule has 1 aliphatic heterocycles. The van der Waals surface area contributed by atoms with Gasteiger partial charge in [-0.1, -0.05) is 46.3 Å². The van der Waals surface area contributed by atoms with Crippen molar-refractivity contribution in [3.8, 4) is 5.75 Å². The van der Waals surface area contributed by atoms with E-state index in [0.717, 1.165) is 48.1 Å². The molecule has 1 N–H and O–H groups in total. The van der Waals surface area contributed by atoms with Crippen LogP contribution in [0.5, 0.6) is 5.75 Å². The molecule has 0 spiro atoms. The highest BCUT2D eigenvalue weighted by molar-refractivity contribution is 9.10. The van der Waals surface area contributed by atoms with Gasteiger partial charge in [0.25, 0.3) is 5.91 Å². The van der Waals surface area contributed by atoms with Crippen molar-refractivity contribution in [2.24, 2.45) is 5.92 Å². The monoisotopic (exact) mass is 514 g/mol. The van der Waals surface area contributed by atoms with Gasteiger partial charge in [0.15, 0.2) is 0 Å². The summed E-state index contributed by atoms with van der Waals surface area (Å²) in [5.41, 5.74) is 5.96. The van der Waals surface area contributed by atoms with E-state index in [9.17, 15) is 4.79 Å². The maximum absolute atomic E-state index is 13.4. The van der Waals surface area contributed by atoms with Crippen LogP contribution in [-0.4, -0.2) is 36.0 Å². The number of fused-ring (bicyclic) bond motifs is 4. The highest BCUT2D eigenvalue weighted by Crippen LogP contribution is 2.50. The Bertz CT molecular complexity index is 1380. The Morgan fingerprint density at radius 1 is 1.09 bits per heavy atom. The normalized spacial score (nSPS) is 21.7. The van der Waals surface area contributed by atoms with Gasteiger partial charge in [0.05, 0.1) is 7.11 Å². The summed E-state index contributed by atoms with van der Waals surface area (Å²) in [5, 5.41) is 1.29. The van der Waals surface area contributed by atoms with E-state index in [1.54, 1.807) is 7.11 Å². The topological polar surface area (TPSA) is 45.3 Å². The largest absolute Gasteiger partial charge is 0.497 e. The van der Waals surface area contributed by atoms with Crippen LogP contribution in [0, 0.1) is 5.92 Å². The van der Waals surface area contributed by atoms with E-state index in [2.05, 4.69) is 62.2 Å². The standard InChI is InChI=1S/C29H27BrN2O2/c1-34-23-9-5-8-20(14-23)29-12-13-32(28(33)19-6-3-2-4-7-19)18-21(29)15-24-25-16-22(30)10-11-26(25)31-27(24)17-29/h2-11,14,16,21,31H,12-13,15,17-18H2,1H3. The van der Waals surface area contributed by atoms with Gasteiger partial charge in [-0.15, -0.1) is 0 Å². The third-order valence-electron chi connectivity index (χ3n) is 7.90. The fraction of sp³-hybridized carbons (Fsp3) is 0.276. The maximum Gasteiger partial charge on any atom is 0.253 e. The minimum absolute atomic E-state index is 0.0346. The summed E-state index contributed by atoms with van der Waals surface area (Å²) < 4.78 is 6.69. The molecule has 172 valence electrons. The number of H-pyrrole nitrogens is 1. The summed E-state index contributed by atoms with van der Waals surface area (Å²) in [6.07, 6.45) is 2.82. The Morgan fingerprint density at radius 3 is 2.76 bits per heavy atom. The average Bonchev–Trinajstić information content (AvgIpc) is 3.23. The Kier molecular flexibility index (Phi) is 5.25. The molecule has 2 atom stereocenters. The number of aromatic nitrogens is 1. The first-order valence-corrected chi connectivity index (χ1v) is 12.6. The number of amides is 1. The number of halogens is 1. The summed E-state index contributed by atoms with van der Waals surface area (Å²) in [4.78, 5) is 19.2. The second-order valence-corrected chi connectivity index (χ2v) is 10.5. The third kappa shape index (κ3) is 3.45. The van der Waals surface area contributed by atoms with Gasteiger partial charge in [0.1, 0.15) is 5.75 Å². The molecule has 2 unspecified atom stereocenters. The fourth-order valence-corrected chi connectivity index (χ4v) is 6.51. The number of methoxy groups -OCH3 is 1. The lowest BCUT2D eigenvalue weighted by atomic mass is 9.58. The average molecular weight is 515 g/mol. The second-order valence-electron chi connectivity index (χ2n) is 9.61. The van der Waals surface area contributed by atoms with Crippen LogP contribution in [0.15, 0.2) is 77.3 Å². The van der Waals surface area contributed by atoms with Crippen molar-refractivity contribution in [1.82, 2.24) is 9.88 Å². The number of hydrogen-bond acceptors (Lipinski definition) is 2. The summed E-state index contributed by atoms with van der Waals surface area (Å²) in [6.45, 7) is 1.51. The van der Waals surface area contributed by atoms with E-state index in [-0.39, 0.29) is 11.3 Å². The highest BCUT2D eigenvalue weighted by atomic mass is 79.9. The molecule has 1 aromatic heterocycles. The summed E-state index contributed by atoms with van der Waals surface area (Å²) in [7, 11) is 1.73. The van der Waals surface area contributed by atoms with E-state index < -0.39 is 0 Å². The fourth-order valence-electron chi connectivity index (χ4n) is 6.15. The maximum atomic E-state index is 13.4. The van der Waals surface area contributed by atoms with Crippen molar-refractivity contribution < 1.29 is 9.53 Å². The van der Waals surface area contributed by atoms with Gasteiger partial charge >= 0.3 is 0 Å². The van der Waals surface area contributed by atoms with Gasteiger partial charge in [-0.05, 0) is 78.8 Å². The lowest BCUT2D eigenvalue weighted by Crippen LogP contribution is -2.55. The number of piperidine rings is 1. The molecular formula is C29H27BrN2O2. The molecule has 0 radical (unpaired) electrons. The number of ether oxygens (including phenoxy) is 1. The number of rotatable bonds is 3. The molecule has 3 aromatic carbocycles. The van der Waals surface area contributed by atoms with Gasteiger partial charge in [0.2, 0.25) is 0 Å². The molecule has 1 aliphatic carbocycles. The van der Waals surface area contributed by atoms with Crippen molar-refractivity contribution in [3.63, 3.8) is 0 Å². The first-order valence-electron chi connectivity index (χ1n) is 11.9. The Labute approximate surface area is 208 Å². The van der Waals surface area contributed by atoms with E-state index >= 15 is 0 Å². The quantitative estimate of drug-likeness (QED) is 0.357. The molecule has 2 aliphatic rings. The van der Waals surface area contributed by atoms with Gasteiger partial charge in [-0.25, -0.2) is 0 Å². The van der Waals surface area contributed by atoms with Crippen LogP contribution in [0.2, 0.25) is 0 Å². The zero-order valence-electron chi connectivity index (χ0n) is 19.2. The predicted molar refractivity (Wildman–Crippen MR) is 139 cm³/mol. The van der Waals surface area contributed by atoms with Gasteiger partial charge in [0, 0.05) is 45.1 Å². The number of carbonyl (C=O) groups is 1. The van der Waals surface area contributed by atoms with E-state index in [1.165, 1.54) is 27.7 Å². The zero-order valence-corrected chi connectivity index (χ0v) is 20.8. The number of hydrogen-bond donors (Lipinski definition) is 1. The first-order chi connectivity index (χ1) is 16.6. The molecular weight excluding hydrogens is 488 g/mol. The molecule has 4 aromatic rings. The molecule has 1 saturated heterocycles. The van der Waals surface area contributed by atoms with Crippen LogP contribution in [0.1, 0.15) is 33.6 Å². The summed E-state index contributed by atoms with van der Waals surface area (Å²) in [6, 6.07) is 24.7. The number of benzene rings is 3. The minimum Gasteiger partial charge on any atom is -0.497 e. The van der Waals surface area contributed by atoms with E-state index in [1.807, 2.05) is 36.4 Å². The molecule has 34 heavy (non-hydrogen) atoms. The molecule has 0 saturated carbocycles. The van der Waals surface area contributed by atoms with Crippen LogP contribution in [0.4, 0.5) is 0 Å². The van der Waals surface area contributed by atoms with Crippen LogP contribution in [0.3, 0.4) is 0 Å². The minimum atomic E-state index is -0.0346. The summed E-state index contributed by atoms with van der Waals surface area (Å²) >= 11 is 3.65. The van der Waals surface area contributed by atoms with Gasteiger partial charge in [-0.2, -0.15) is 0 Å². The van der Waals surface area contributed by atoms with Crippen molar-refractivity contribution >= 4 is 32.7 Å². The van der Waals surface area contributed by atoms with Crippen LogP contribution in [-0.2, 0) is 18.3 Å².